The molecule has 0 aliphatic carbocycles. The first-order valence-corrected chi connectivity index (χ1v) is 6.66. The smallest absolute Gasteiger partial charge is 0.297 e. The van der Waals surface area contributed by atoms with Gasteiger partial charge in [0.25, 0.3) is 10.1 Å². The molecule has 0 amide bonds. The predicted molar refractivity (Wildman–Crippen MR) is 65.7 cm³/mol. The maximum absolute atomic E-state index is 11.7. The van der Waals surface area contributed by atoms with Gasteiger partial charge in [0.15, 0.2) is 0 Å². The molecular formula is C12H16O4S. The highest BCUT2D eigenvalue weighted by Crippen LogP contribution is 2.23. The van der Waals surface area contributed by atoms with E-state index in [1.807, 2.05) is 6.92 Å². The van der Waals surface area contributed by atoms with Crippen LogP contribution in [0.2, 0.25) is 0 Å². The van der Waals surface area contributed by atoms with Crippen molar-refractivity contribution in [3.05, 3.63) is 36.4 Å². The standard InChI is InChI=1S/C12H16O4S/c1-4-8-15-12-9-11(7-6-10(12)3)17(13,14)16-5-2/h4,6-7,9H,1,5,8H2,2-3H3. The normalized spacial score (nSPS) is 11.2. The molecule has 0 unspecified atom stereocenters. The summed E-state index contributed by atoms with van der Waals surface area (Å²) in [5.74, 6) is 0.519. The quantitative estimate of drug-likeness (QED) is 0.579. The monoisotopic (exact) mass is 256 g/mol. The van der Waals surface area contributed by atoms with E-state index in [1.165, 1.54) is 12.1 Å². The zero-order chi connectivity index (χ0) is 12.9. The second-order valence-corrected chi connectivity index (χ2v) is 5.00. The van der Waals surface area contributed by atoms with E-state index in [-0.39, 0.29) is 11.5 Å². The Morgan fingerprint density at radius 2 is 2.12 bits per heavy atom. The summed E-state index contributed by atoms with van der Waals surface area (Å²) in [5.41, 5.74) is 0.863. The SMILES string of the molecule is C=CCOc1cc(S(=O)(=O)OCC)ccc1C. The van der Waals surface area contributed by atoms with Crippen LogP contribution in [0.4, 0.5) is 0 Å². The van der Waals surface area contributed by atoms with Crippen LogP contribution in [0.15, 0.2) is 35.7 Å². The fourth-order valence-electron chi connectivity index (χ4n) is 1.26. The van der Waals surface area contributed by atoms with Gasteiger partial charge in [-0.3, -0.25) is 4.18 Å². The number of aryl methyl sites for hydroxylation is 1. The van der Waals surface area contributed by atoms with Crippen LogP contribution >= 0.6 is 0 Å². The average Bonchev–Trinajstić information content (AvgIpc) is 2.27. The molecule has 1 rings (SSSR count). The van der Waals surface area contributed by atoms with Crippen LogP contribution in [0.5, 0.6) is 5.75 Å². The van der Waals surface area contributed by atoms with Crippen LogP contribution in [0.25, 0.3) is 0 Å². The molecular weight excluding hydrogens is 240 g/mol. The Kier molecular flexibility index (Phi) is 4.72. The first-order valence-electron chi connectivity index (χ1n) is 5.25. The maximum Gasteiger partial charge on any atom is 0.297 e. The van der Waals surface area contributed by atoms with Crippen LogP contribution in [0.1, 0.15) is 12.5 Å². The van der Waals surface area contributed by atoms with Gasteiger partial charge in [-0.1, -0.05) is 18.7 Å². The maximum atomic E-state index is 11.7. The van der Waals surface area contributed by atoms with Crippen molar-refractivity contribution in [1.29, 1.82) is 0 Å². The Bertz CT molecular complexity index is 491. The van der Waals surface area contributed by atoms with Gasteiger partial charge in [0.2, 0.25) is 0 Å². The Morgan fingerprint density at radius 1 is 1.41 bits per heavy atom. The summed E-state index contributed by atoms with van der Waals surface area (Å²) in [5, 5.41) is 0. The van der Waals surface area contributed by atoms with Crippen molar-refractivity contribution in [3.8, 4) is 5.75 Å². The van der Waals surface area contributed by atoms with E-state index in [2.05, 4.69) is 6.58 Å². The molecule has 0 radical (unpaired) electrons. The molecule has 0 aromatic heterocycles. The topological polar surface area (TPSA) is 52.6 Å². The minimum absolute atomic E-state index is 0.101. The molecule has 4 nitrogen and oxygen atoms in total. The zero-order valence-corrected chi connectivity index (χ0v) is 10.8. The van der Waals surface area contributed by atoms with E-state index in [4.69, 9.17) is 8.92 Å². The molecule has 94 valence electrons. The average molecular weight is 256 g/mol. The number of hydrogen-bond donors (Lipinski definition) is 0. The van der Waals surface area contributed by atoms with Gasteiger partial charge in [-0.2, -0.15) is 8.42 Å². The second-order valence-electron chi connectivity index (χ2n) is 3.39. The van der Waals surface area contributed by atoms with Crippen LogP contribution in [-0.2, 0) is 14.3 Å². The molecule has 0 heterocycles. The largest absolute Gasteiger partial charge is 0.489 e. The van der Waals surface area contributed by atoms with E-state index in [0.717, 1.165) is 5.56 Å². The van der Waals surface area contributed by atoms with E-state index in [1.54, 1.807) is 19.1 Å². The van der Waals surface area contributed by atoms with E-state index >= 15 is 0 Å². The lowest BCUT2D eigenvalue weighted by molar-refractivity contribution is 0.336. The molecule has 17 heavy (non-hydrogen) atoms. The zero-order valence-electron chi connectivity index (χ0n) is 9.97. The number of benzene rings is 1. The van der Waals surface area contributed by atoms with Crippen LogP contribution in [0.3, 0.4) is 0 Å². The minimum atomic E-state index is -3.68. The Balaban J connectivity index is 3.07. The van der Waals surface area contributed by atoms with E-state index in [9.17, 15) is 8.42 Å². The highest BCUT2D eigenvalue weighted by atomic mass is 32.2. The van der Waals surface area contributed by atoms with Gasteiger partial charge in [0.05, 0.1) is 11.5 Å². The molecule has 5 heteroatoms. The second kappa shape index (κ2) is 5.84. The first kappa shape index (κ1) is 13.7. The molecule has 0 saturated carbocycles. The van der Waals surface area contributed by atoms with Crippen molar-refractivity contribution in [2.45, 2.75) is 18.7 Å². The van der Waals surface area contributed by atoms with Crippen molar-refractivity contribution in [2.75, 3.05) is 13.2 Å². The Labute approximate surface area is 102 Å². The summed E-state index contributed by atoms with van der Waals surface area (Å²) in [6, 6.07) is 4.65. The molecule has 1 aromatic rings. The molecule has 0 N–H and O–H groups in total. The van der Waals surface area contributed by atoms with Crippen molar-refractivity contribution in [3.63, 3.8) is 0 Å². The van der Waals surface area contributed by atoms with Crippen molar-refractivity contribution in [2.24, 2.45) is 0 Å². The first-order chi connectivity index (χ1) is 8.01. The fourth-order valence-corrected chi connectivity index (χ4v) is 2.20. The Hall–Kier alpha value is -1.33. The minimum Gasteiger partial charge on any atom is -0.489 e. The van der Waals surface area contributed by atoms with Crippen LogP contribution < -0.4 is 4.74 Å². The summed E-state index contributed by atoms with van der Waals surface area (Å²) >= 11 is 0. The molecule has 0 atom stereocenters. The predicted octanol–water partition coefficient (Wildman–Crippen LogP) is 2.29. The lowest BCUT2D eigenvalue weighted by Gasteiger charge is -2.09. The van der Waals surface area contributed by atoms with Gasteiger partial charge in [-0.15, -0.1) is 0 Å². The van der Waals surface area contributed by atoms with Gasteiger partial charge >= 0.3 is 0 Å². The third-order valence-electron chi connectivity index (χ3n) is 2.08. The van der Waals surface area contributed by atoms with E-state index in [0.29, 0.717) is 12.4 Å². The lowest BCUT2D eigenvalue weighted by atomic mass is 10.2. The number of hydrogen-bond acceptors (Lipinski definition) is 4. The summed E-state index contributed by atoms with van der Waals surface area (Å²) in [6.07, 6.45) is 1.60. The third kappa shape index (κ3) is 3.57. The highest BCUT2D eigenvalue weighted by molar-refractivity contribution is 7.86. The number of ether oxygens (including phenoxy) is 1. The summed E-state index contributed by atoms with van der Waals surface area (Å²) < 4.78 is 33.4. The van der Waals surface area contributed by atoms with Gasteiger partial charge in [0.1, 0.15) is 12.4 Å². The van der Waals surface area contributed by atoms with Crippen molar-refractivity contribution in [1.82, 2.24) is 0 Å². The number of rotatable bonds is 6. The van der Waals surface area contributed by atoms with Gasteiger partial charge in [-0.05, 0) is 25.5 Å². The van der Waals surface area contributed by atoms with Crippen LogP contribution in [0, 0.1) is 6.92 Å². The third-order valence-corrected chi connectivity index (χ3v) is 3.46. The van der Waals surface area contributed by atoms with Gasteiger partial charge < -0.3 is 4.74 Å². The van der Waals surface area contributed by atoms with Gasteiger partial charge in [-0.25, -0.2) is 0 Å². The van der Waals surface area contributed by atoms with Crippen molar-refractivity contribution < 1.29 is 17.3 Å². The molecule has 1 aromatic carbocycles. The highest BCUT2D eigenvalue weighted by Gasteiger charge is 2.15. The van der Waals surface area contributed by atoms with Crippen LogP contribution in [-0.4, -0.2) is 21.6 Å². The molecule has 0 aliphatic heterocycles. The molecule has 0 saturated heterocycles. The molecule has 0 fully saturated rings. The van der Waals surface area contributed by atoms with E-state index < -0.39 is 10.1 Å². The van der Waals surface area contributed by atoms with Gasteiger partial charge in [0, 0.05) is 6.07 Å². The molecule has 0 bridgehead atoms. The summed E-state index contributed by atoms with van der Waals surface area (Å²) in [7, 11) is -3.68. The van der Waals surface area contributed by atoms with Crippen molar-refractivity contribution >= 4 is 10.1 Å². The summed E-state index contributed by atoms with van der Waals surface area (Å²) in [4.78, 5) is 0.101. The fraction of sp³-hybridized carbons (Fsp3) is 0.333. The molecule has 0 spiro atoms. The molecule has 0 aliphatic rings. The summed E-state index contributed by atoms with van der Waals surface area (Å²) in [6.45, 7) is 7.45. The Morgan fingerprint density at radius 3 is 2.71 bits per heavy atom. The lowest BCUT2D eigenvalue weighted by Crippen LogP contribution is -2.06.